The number of thiophene rings is 1. The fraction of sp³-hybridized carbons (Fsp3) is 0.500. The number of halogens is 1. The van der Waals surface area contributed by atoms with Gasteiger partial charge in [0.25, 0.3) is 0 Å². The lowest BCUT2D eigenvalue weighted by molar-refractivity contribution is 0.562. The SMILES string of the molecule is CN=C(NCc1ccnc(N2CCCC2)c1)NCC(C)Cc1cccs1.I. The standard InChI is InChI=1S/C20H29N5S.HI/c1-16(12-18-6-5-11-26-18)14-23-20(21-2)24-15-17-7-8-22-19(13-17)25-9-3-4-10-25;/h5-8,11,13,16H,3-4,9-10,12,14-15H2,1-2H3,(H2,21,23,24);1H. The van der Waals surface area contributed by atoms with Gasteiger partial charge in [-0.05, 0) is 54.3 Å². The summed E-state index contributed by atoms with van der Waals surface area (Å²) in [5, 5.41) is 8.99. The maximum atomic E-state index is 4.52. The molecule has 1 aliphatic heterocycles. The van der Waals surface area contributed by atoms with Gasteiger partial charge >= 0.3 is 0 Å². The van der Waals surface area contributed by atoms with Crippen molar-refractivity contribution in [1.29, 1.82) is 0 Å². The molecule has 2 N–H and O–H groups in total. The van der Waals surface area contributed by atoms with Crippen LogP contribution in [0.5, 0.6) is 0 Å². The number of rotatable bonds is 7. The van der Waals surface area contributed by atoms with Gasteiger partial charge in [-0.15, -0.1) is 35.3 Å². The summed E-state index contributed by atoms with van der Waals surface area (Å²) in [6.07, 6.45) is 5.55. The minimum absolute atomic E-state index is 0. The van der Waals surface area contributed by atoms with Crippen molar-refractivity contribution in [2.75, 3.05) is 31.6 Å². The van der Waals surface area contributed by atoms with E-state index >= 15 is 0 Å². The van der Waals surface area contributed by atoms with Crippen molar-refractivity contribution in [3.63, 3.8) is 0 Å². The van der Waals surface area contributed by atoms with Crippen molar-refractivity contribution in [2.45, 2.75) is 32.7 Å². The van der Waals surface area contributed by atoms with Gasteiger partial charge in [0.2, 0.25) is 0 Å². The van der Waals surface area contributed by atoms with Crippen LogP contribution in [-0.4, -0.2) is 37.6 Å². The Morgan fingerprint density at radius 1 is 1.30 bits per heavy atom. The van der Waals surface area contributed by atoms with Gasteiger partial charge < -0.3 is 15.5 Å². The summed E-state index contributed by atoms with van der Waals surface area (Å²) in [5.74, 6) is 2.51. The molecule has 5 nitrogen and oxygen atoms in total. The molecule has 0 bridgehead atoms. The Labute approximate surface area is 183 Å². The molecule has 1 saturated heterocycles. The zero-order valence-electron chi connectivity index (χ0n) is 16.1. The Hall–Kier alpha value is -1.35. The Bertz CT molecular complexity index is 698. The van der Waals surface area contributed by atoms with Crippen LogP contribution in [0.3, 0.4) is 0 Å². The normalized spacial score (nSPS) is 15.3. The molecule has 1 fully saturated rings. The minimum Gasteiger partial charge on any atom is -0.357 e. The first-order valence-electron chi connectivity index (χ1n) is 9.41. The summed E-state index contributed by atoms with van der Waals surface area (Å²) in [4.78, 5) is 12.7. The molecule has 27 heavy (non-hydrogen) atoms. The fourth-order valence-corrected chi connectivity index (χ4v) is 4.08. The lowest BCUT2D eigenvalue weighted by Gasteiger charge is -2.18. The predicted octanol–water partition coefficient (Wildman–Crippen LogP) is 3.91. The molecule has 0 spiro atoms. The Morgan fingerprint density at radius 3 is 2.81 bits per heavy atom. The van der Waals surface area contributed by atoms with Gasteiger partial charge in [0.05, 0.1) is 0 Å². The quantitative estimate of drug-likeness (QED) is 0.345. The third kappa shape index (κ3) is 6.95. The molecule has 0 aliphatic carbocycles. The summed E-state index contributed by atoms with van der Waals surface area (Å²) in [5.41, 5.74) is 1.23. The fourth-order valence-electron chi connectivity index (χ4n) is 3.21. The highest BCUT2D eigenvalue weighted by Gasteiger charge is 2.13. The zero-order chi connectivity index (χ0) is 18.2. The molecule has 0 aromatic carbocycles. The molecule has 148 valence electrons. The van der Waals surface area contributed by atoms with Gasteiger partial charge in [-0.2, -0.15) is 0 Å². The molecular weight excluding hydrogens is 469 g/mol. The van der Waals surface area contributed by atoms with Crippen LogP contribution in [0.15, 0.2) is 40.8 Å². The Morgan fingerprint density at radius 2 is 2.11 bits per heavy atom. The van der Waals surface area contributed by atoms with E-state index in [0.29, 0.717) is 5.92 Å². The monoisotopic (exact) mass is 499 g/mol. The molecule has 2 aromatic rings. The maximum Gasteiger partial charge on any atom is 0.191 e. The third-order valence-corrected chi connectivity index (χ3v) is 5.57. The van der Waals surface area contributed by atoms with E-state index in [9.17, 15) is 0 Å². The smallest absolute Gasteiger partial charge is 0.191 e. The molecule has 2 aromatic heterocycles. The van der Waals surface area contributed by atoms with Gasteiger partial charge in [-0.1, -0.05) is 13.0 Å². The largest absolute Gasteiger partial charge is 0.357 e. The van der Waals surface area contributed by atoms with Crippen molar-refractivity contribution < 1.29 is 0 Å². The topological polar surface area (TPSA) is 52.6 Å². The summed E-state index contributed by atoms with van der Waals surface area (Å²) in [6, 6.07) is 8.58. The van der Waals surface area contributed by atoms with Crippen LogP contribution in [0.4, 0.5) is 5.82 Å². The van der Waals surface area contributed by atoms with E-state index in [1.807, 2.05) is 24.6 Å². The number of hydrogen-bond acceptors (Lipinski definition) is 4. The van der Waals surface area contributed by atoms with Crippen molar-refractivity contribution in [1.82, 2.24) is 15.6 Å². The van der Waals surface area contributed by atoms with E-state index in [-0.39, 0.29) is 24.0 Å². The average Bonchev–Trinajstić information content (AvgIpc) is 3.36. The molecule has 7 heteroatoms. The summed E-state index contributed by atoms with van der Waals surface area (Å²) in [7, 11) is 1.82. The van der Waals surface area contributed by atoms with E-state index in [1.165, 1.54) is 23.3 Å². The number of pyridine rings is 1. The van der Waals surface area contributed by atoms with E-state index in [0.717, 1.165) is 44.4 Å². The van der Waals surface area contributed by atoms with Crippen LogP contribution in [0.1, 0.15) is 30.2 Å². The highest BCUT2D eigenvalue weighted by Crippen LogP contribution is 2.18. The lowest BCUT2D eigenvalue weighted by atomic mass is 10.1. The zero-order valence-corrected chi connectivity index (χ0v) is 19.3. The highest BCUT2D eigenvalue weighted by molar-refractivity contribution is 14.0. The van der Waals surface area contributed by atoms with E-state index in [2.05, 4.69) is 62.1 Å². The molecule has 3 rings (SSSR count). The molecule has 1 atom stereocenters. The van der Waals surface area contributed by atoms with E-state index < -0.39 is 0 Å². The van der Waals surface area contributed by atoms with Crippen molar-refractivity contribution >= 4 is 47.1 Å². The number of hydrogen-bond donors (Lipinski definition) is 2. The van der Waals surface area contributed by atoms with Crippen molar-refractivity contribution in [3.05, 3.63) is 46.3 Å². The van der Waals surface area contributed by atoms with Crippen LogP contribution >= 0.6 is 35.3 Å². The van der Waals surface area contributed by atoms with Crippen molar-refractivity contribution in [3.8, 4) is 0 Å². The first-order valence-corrected chi connectivity index (χ1v) is 10.3. The molecular formula is C20H30IN5S. The van der Waals surface area contributed by atoms with Crippen LogP contribution in [0, 0.1) is 5.92 Å². The van der Waals surface area contributed by atoms with Crippen LogP contribution in [0.25, 0.3) is 0 Å². The molecule has 1 aliphatic rings. The minimum atomic E-state index is 0. The van der Waals surface area contributed by atoms with Crippen molar-refractivity contribution in [2.24, 2.45) is 10.9 Å². The lowest BCUT2D eigenvalue weighted by Crippen LogP contribution is -2.39. The molecule has 0 radical (unpaired) electrons. The van der Waals surface area contributed by atoms with Gasteiger partial charge in [0.15, 0.2) is 5.96 Å². The molecule has 0 amide bonds. The highest BCUT2D eigenvalue weighted by atomic mass is 127. The van der Waals surface area contributed by atoms with Crippen LogP contribution in [-0.2, 0) is 13.0 Å². The molecule has 1 unspecified atom stereocenters. The first-order chi connectivity index (χ1) is 12.7. The maximum absolute atomic E-state index is 4.52. The number of nitrogens with one attached hydrogen (secondary N) is 2. The summed E-state index contributed by atoms with van der Waals surface area (Å²) < 4.78 is 0. The predicted molar refractivity (Wildman–Crippen MR) is 126 cm³/mol. The number of guanidine groups is 1. The average molecular weight is 499 g/mol. The number of anilines is 1. The van der Waals surface area contributed by atoms with Gasteiger partial charge in [0.1, 0.15) is 5.82 Å². The van der Waals surface area contributed by atoms with E-state index in [4.69, 9.17) is 0 Å². The Balaban J connectivity index is 0.00000261. The Kier molecular flexibility index (Phi) is 9.33. The van der Waals surface area contributed by atoms with Gasteiger partial charge in [0, 0.05) is 44.3 Å². The number of nitrogens with zero attached hydrogens (tertiary/aromatic N) is 3. The number of aliphatic imine (C=N–C) groups is 1. The second kappa shape index (κ2) is 11.5. The molecule has 0 saturated carbocycles. The summed E-state index contributed by atoms with van der Waals surface area (Å²) in [6.45, 7) is 6.17. The van der Waals surface area contributed by atoms with Gasteiger partial charge in [-0.3, -0.25) is 4.99 Å². The number of aromatic nitrogens is 1. The second-order valence-electron chi connectivity index (χ2n) is 6.91. The molecule has 3 heterocycles. The second-order valence-corrected chi connectivity index (χ2v) is 7.94. The van der Waals surface area contributed by atoms with Gasteiger partial charge in [-0.25, -0.2) is 4.98 Å². The third-order valence-electron chi connectivity index (χ3n) is 4.67. The van der Waals surface area contributed by atoms with Crippen LogP contribution < -0.4 is 15.5 Å². The summed E-state index contributed by atoms with van der Waals surface area (Å²) >= 11 is 1.83. The van der Waals surface area contributed by atoms with Crippen LogP contribution in [0.2, 0.25) is 0 Å². The first kappa shape index (κ1) is 21.9. The van der Waals surface area contributed by atoms with E-state index in [1.54, 1.807) is 0 Å².